The maximum atomic E-state index is 9.82. The molecule has 1 atom stereocenters. The monoisotopic (exact) mass is 618 g/mol. The van der Waals surface area contributed by atoms with Gasteiger partial charge in [0.2, 0.25) is 0 Å². The summed E-state index contributed by atoms with van der Waals surface area (Å²) in [6.07, 6.45) is 4.94. The molecule has 7 heteroatoms. The second-order valence-electron chi connectivity index (χ2n) is 9.59. The van der Waals surface area contributed by atoms with E-state index in [9.17, 15) is 5.26 Å². The molecule has 176 valence electrons. The Balaban J connectivity index is 1.52. The van der Waals surface area contributed by atoms with Gasteiger partial charge in [-0.3, -0.25) is 0 Å². The van der Waals surface area contributed by atoms with Crippen molar-refractivity contribution in [3.05, 3.63) is 77.5 Å². The average Bonchev–Trinajstić information content (AvgIpc) is 3.14. The number of benzene rings is 2. The molecule has 2 aromatic carbocycles. The normalized spacial score (nSPS) is 15.9. The number of fused-ring (bicyclic) bond motifs is 1. The quantitative estimate of drug-likeness (QED) is 0.267. The van der Waals surface area contributed by atoms with Crippen LogP contribution in [0.2, 0.25) is 5.02 Å². The van der Waals surface area contributed by atoms with Crippen molar-refractivity contribution in [2.45, 2.75) is 46.6 Å². The van der Waals surface area contributed by atoms with Gasteiger partial charge in [-0.25, -0.2) is 4.99 Å². The summed E-state index contributed by atoms with van der Waals surface area (Å²) in [7, 11) is 0. The van der Waals surface area contributed by atoms with Gasteiger partial charge in [-0.05, 0) is 103 Å². The highest BCUT2D eigenvalue weighted by Gasteiger charge is 2.32. The van der Waals surface area contributed by atoms with E-state index in [1.807, 2.05) is 42.6 Å². The van der Waals surface area contributed by atoms with Crippen molar-refractivity contribution in [2.75, 3.05) is 0 Å². The first-order valence-electron chi connectivity index (χ1n) is 11.1. The molecule has 0 unspecified atom stereocenters. The van der Waals surface area contributed by atoms with Gasteiger partial charge in [0, 0.05) is 16.1 Å². The summed E-state index contributed by atoms with van der Waals surface area (Å²) in [5.41, 5.74) is 4.17. The smallest absolute Gasteiger partial charge is 0.148 e. The van der Waals surface area contributed by atoms with E-state index in [2.05, 4.69) is 58.7 Å². The van der Waals surface area contributed by atoms with E-state index >= 15 is 0 Å². The molecule has 4 rings (SSSR count). The number of rotatable bonds is 5. The van der Waals surface area contributed by atoms with Crippen molar-refractivity contribution in [1.29, 1.82) is 5.26 Å². The van der Waals surface area contributed by atoms with E-state index in [4.69, 9.17) is 21.3 Å². The van der Waals surface area contributed by atoms with Crippen molar-refractivity contribution >= 4 is 66.0 Å². The van der Waals surface area contributed by atoms with Gasteiger partial charge in [0.05, 0.1) is 14.5 Å². The summed E-state index contributed by atoms with van der Waals surface area (Å²) in [4.78, 5) is 6.05. The number of aliphatic imine (C=N–C) groups is 1. The second kappa shape index (κ2) is 10.5. The Kier molecular flexibility index (Phi) is 7.89. The fourth-order valence-corrected chi connectivity index (χ4v) is 6.98. The van der Waals surface area contributed by atoms with Crippen molar-refractivity contribution in [2.24, 2.45) is 16.3 Å². The van der Waals surface area contributed by atoms with Crippen LogP contribution in [0.5, 0.6) is 5.75 Å². The zero-order chi connectivity index (χ0) is 24.5. The zero-order valence-corrected chi connectivity index (χ0v) is 24.0. The van der Waals surface area contributed by atoms with E-state index in [0.29, 0.717) is 17.5 Å². The number of hydrogen-bond donors (Lipinski definition) is 0. The maximum absolute atomic E-state index is 9.82. The maximum Gasteiger partial charge on any atom is 0.148 e. The topological polar surface area (TPSA) is 45.4 Å². The van der Waals surface area contributed by atoms with Crippen molar-refractivity contribution < 1.29 is 4.74 Å². The summed E-state index contributed by atoms with van der Waals surface area (Å²) < 4.78 is 7.68. The minimum Gasteiger partial charge on any atom is -0.487 e. The Labute approximate surface area is 227 Å². The Hall–Kier alpha value is -1.65. The lowest BCUT2D eigenvalue weighted by Crippen LogP contribution is -2.26. The number of nitriles is 1. The summed E-state index contributed by atoms with van der Waals surface area (Å²) in [6.45, 7) is 7.35. The Morgan fingerprint density at radius 1 is 1.21 bits per heavy atom. The zero-order valence-electron chi connectivity index (χ0n) is 19.3. The van der Waals surface area contributed by atoms with Crippen LogP contribution in [-0.4, -0.2) is 6.21 Å². The van der Waals surface area contributed by atoms with Crippen LogP contribution in [0.1, 0.15) is 54.3 Å². The number of nitrogens with zero attached hydrogens (tertiary/aromatic N) is 2. The first-order valence-corrected chi connectivity index (χ1v) is 13.9. The van der Waals surface area contributed by atoms with E-state index in [1.165, 1.54) is 10.4 Å². The molecule has 0 fully saturated rings. The first-order chi connectivity index (χ1) is 16.2. The lowest BCUT2D eigenvalue weighted by molar-refractivity contribution is 0.218. The van der Waals surface area contributed by atoms with E-state index in [0.717, 1.165) is 55.6 Å². The largest absolute Gasteiger partial charge is 0.487 e. The van der Waals surface area contributed by atoms with Crippen LogP contribution >= 0.6 is 54.8 Å². The lowest BCUT2D eigenvalue weighted by Gasteiger charge is -2.33. The number of hydrogen-bond acceptors (Lipinski definition) is 4. The third-order valence-electron chi connectivity index (χ3n) is 6.23. The Bertz CT molecular complexity index is 1250. The molecule has 0 saturated carbocycles. The molecule has 1 aliphatic carbocycles. The van der Waals surface area contributed by atoms with Crippen LogP contribution in [0.4, 0.5) is 5.00 Å². The van der Waals surface area contributed by atoms with Gasteiger partial charge in [-0.15, -0.1) is 11.3 Å². The minimum absolute atomic E-state index is 0.272. The van der Waals surface area contributed by atoms with Crippen LogP contribution in [0, 0.1) is 22.7 Å². The van der Waals surface area contributed by atoms with Crippen molar-refractivity contribution in [3.8, 4) is 11.8 Å². The molecule has 1 heterocycles. The number of ether oxygens (including phenoxy) is 1. The molecule has 0 N–H and O–H groups in total. The molecule has 0 aliphatic heterocycles. The summed E-state index contributed by atoms with van der Waals surface area (Å²) in [5, 5.41) is 11.3. The van der Waals surface area contributed by atoms with Gasteiger partial charge in [-0.1, -0.05) is 44.5 Å². The molecule has 0 bridgehead atoms. The molecule has 0 radical (unpaired) electrons. The predicted molar refractivity (Wildman–Crippen MR) is 149 cm³/mol. The molecular weight excluding hydrogens is 596 g/mol. The standard InChI is InChI=1S/C27H25Br2ClN2OS/c1-27(2,3)18-6-9-20-21(13-31)26(34-24(20)12-18)32-14-17-10-22(28)25(23(29)11-17)33-15-16-4-7-19(30)8-5-16/h4-5,7-8,10-11,14,18H,6,9,12,15H2,1-3H3/t18-/m1/s1. The second-order valence-corrected chi connectivity index (χ2v) is 12.8. The van der Waals surface area contributed by atoms with Gasteiger partial charge < -0.3 is 4.74 Å². The summed E-state index contributed by atoms with van der Waals surface area (Å²) in [5.74, 6) is 1.36. The van der Waals surface area contributed by atoms with Crippen LogP contribution in [0.25, 0.3) is 0 Å². The molecule has 0 saturated heterocycles. The fourth-order valence-electron chi connectivity index (χ4n) is 4.18. The average molecular weight is 621 g/mol. The van der Waals surface area contributed by atoms with Crippen LogP contribution in [-0.2, 0) is 19.4 Å². The Morgan fingerprint density at radius 2 is 1.88 bits per heavy atom. The fraction of sp³-hybridized carbons (Fsp3) is 0.333. The van der Waals surface area contributed by atoms with E-state index in [-0.39, 0.29) is 5.41 Å². The molecule has 3 nitrogen and oxygen atoms in total. The van der Waals surface area contributed by atoms with E-state index in [1.54, 1.807) is 11.3 Å². The third kappa shape index (κ3) is 5.76. The molecule has 1 aromatic heterocycles. The number of halogens is 3. The predicted octanol–water partition coefficient (Wildman–Crippen LogP) is 9.28. The molecule has 1 aliphatic rings. The van der Waals surface area contributed by atoms with E-state index < -0.39 is 0 Å². The first kappa shape index (κ1) is 25.4. The number of thiophene rings is 1. The SMILES string of the molecule is CC(C)(C)[C@@H]1CCc2c(sc(N=Cc3cc(Br)c(OCc4ccc(Cl)cc4)c(Br)c3)c2C#N)C1. The lowest BCUT2D eigenvalue weighted by atomic mass is 9.72. The third-order valence-corrected chi connectivity index (χ3v) is 8.82. The van der Waals surface area contributed by atoms with Gasteiger partial charge in [0.15, 0.2) is 0 Å². The Morgan fingerprint density at radius 3 is 2.50 bits per heavy atom. The highest BCUT2D eigenvalue weighted by atomic mass is 79.9. The minimum atomic E-state index is 0.272. The molecule has 0 spiro atoms. The van der Waals surface area contributed by atoms with Crippen LogP contribution in [0.15, 0.2) is 50.3 Å². The van der Waals surface area contributed by atoms with Crippen molar-refractivity contribution in [3.63, 3.8) is 0 Å². The van der Waals surface area contributed by atoms with Crippen LogP contribution < -0.4 is 4.74 Å². The van der Waals surface area contributed by atoms with Gasteiger partial charge in [0.1, 0.15) is 23.4 Å². The van der Waals surface area contributed by atoms with Gasteiger partial charge in [0.25, 0.3) is 0 Å². The van der Waals surface area contributed by atoms with Gasteiger partial charge >= 0.3 is 0 Å². The molecule has 34 heavy (non-hydrogen) atoms. The summed E-state index contributed by atoms with van der Waals surface area (Å²) >= 11 is 14.9. The molecular formula is C27H25Br2ClN2OS. The van der Waals surface area contributed by atoms with Gasteiger partial charge in [-0.2, -0.15) is 5.26 Å². The van der Waals surface area contributed by atoms with Crippen molar-refractivity contribution in [1.82, 2.24) is 0 Å². The molecule has 3 aromatic rings. The molecule has 0 amide bonds. The highest BCUT2D eigenvalue weighted by molar-refractivity contribution is 9.11. The van der Waals surface area contributed by atoms with Crippen LogP contribution in [0.3, 0.4) is 0 Å². The highest BCUT2D eigenvalue weighted by Crippen LogP contribution is 2.45. The summed E-state index contributed by atoms with van der Waals surface area (Å²) in [6, 6.07) is 14.0.